The zero-order valence-electron chi connectivity index (χ0n) is 20.2. The maximum Gasteiger partial charge on any atom is 0.256 e. The summed E-state index contributed by atoms with van der Waals surface area (Å²) >= 11 is 0. The van der Waals surface area contributed by atoms with Crippen molar-refractivity contribution in [3.8, 4) is 0 Å². The molecule has 0 spiro atoms. The lowest BCUT2D eigenvalue weighted by Crippen LogP contribution is -2.38. The number of amides is 3. The van der Waals surface area contributed by atoms with E-state index in [9.17, 15) is 18.8 Å². The third-order valence-corrected chi connectivity index (χ3v) is 7.20. The van der Waals surface area contributed by atoms with Crippen LogP contribution in [0.15, 0.2) is 12.1 Å². The third kappa shape index (κ3) is 4.54. The van der Waals surface area contributed by atoms with Crippen LogP contribution in [0.25, 0.3) is 11.6 Å². The topological polar surface area (TPSA) is 118 Å². The number of aromatic amines is 1. The van der Waals surface area contributed by atoms with Crippen LogP contribution in [0.5, 0.6) is 0 Å². The maximum atomic E-state index is 14.6. The minimum Gasteiger partial charge on any atom is -0.387 e. The van der Waals surface area contributed by atoms with Crippen LogP contribution in [-0.2, 0) is 16.0 Å². The molecule has 4 N–H and O–H groups in total. The summed E-state index contributed by atoms with van der Waals surface area (Å²) in [6.45, 7) is 5.56. The number of rotatable bonds is 6. The third-order valence-electron chi connectivity index (χ3n) is 7.20. The predicted molar refractivity (Wildman–Crippen MR) is 134 cm³/mol. The summed E-state index contributed by atoms with van der Waals surface area (Å²) < 4.78 is 14.6. The number of anilines is 2. The lowest BCUT2D eigenvalue weighted by molar-refractivity contribution is -0.118. The van der Waals surface area contributed by atoms with Crippen molar-refractivity contribution in [1.82, 2.24) is 14.8 Å². The van der Waals surface area contributed by atoms with Crippen molar-refractivity contribution in [1.29, 1.82) is 0 Å². The number of nitrogens with zero attached hydrogens (tertiary/aromatic N) is 2. The van der Waals surface area contributed by atoms with E-state index in [1.807, 2.05) is 11.8 Å². The summed E-state index contributed by atoms with van der Waals surface area (Å²) in [5.74, 6) is -1.87. The van der Waals surface area contributed by atoms with E-state index in [2.05, 4.69) is 20.5 Å². The summed E-state index contributed by atoms with van der Waals surface area (Å²) in [7, 11) is 0. The number of aryl methyl sites for hydroxylation is 1. The number of aliphatic hydroxyl groups excluding tert-OH is 1. The quantitative estimate of drug-likeness (QED) is 0.459. The van der Waals surface area contributed by atoms with Gasteiger partial charge in [0, 0.05) is 36.6 Å². The minimum atomic E-state index is -0.779. The highest BCUT2D eigenvalue weighted by Crippen LogP contribution is 2.37. The standard InChI is InChI=1S/C26H30FN5O4/c1-15-20(12-17-16-11-18(27)22(29-23(34)14-33)13-21(16)30-25(17)35)28-19-5-4-8-32(26(36)24(15)19)10-9-31-6-2-3-7-31/h11-13,28,33H,2-10,14H2,1H3,(H,29,34)(H,30,35)/b17-12-. The van der Waals surface area contributed by atoms with Gasteiger partial charge in [0.25, 0.3) is 11.8 Å². The Balaban J connectivity index is 1.42. The highest BCUT2D eigenvalue weighted by Gasteiger charge is 2.30. The highest BCUT2D eigenvalue weighted by molar-refractivity contribution is 6.35. The van der Waals surface area contributed by atoms with E-state index in [0.29, 0.717) is 29.1 Å². The molecular formula is C26H30FN5O4. The van der Waals surface area contributed by atoms with Crippen LogP contribution < -0.4 is 10.6 Å². The zero-order valence-corrected chi connectivity index (χ0v) is 20.2. The molecule has 1 aromatic heterocycles. The number of benzene rings is 1. The number of aliphatic hydroxyl groups is 1. The van der Waals surface area contributed by atoms with Gasteiger partial charge in [-0.15, -0.1) is 0 Å². The van der Waals surface area contributed by atoms with E-state index >= 15 is 0 Å². The van der Waals surface area contributed by atoms with Gasteiger partial charge in [0.15, 0.2) is 0 Å². The second-order valence-corrected chi connectivity index (χ2v) is 9.56. The summed E-state index contributed by atoms with van der Waals surface area (Å²) in [5, 5.41) is 13.9. The Bertz CT molecular complexity index is 1260. The van der Waals surface area contributed by atoms with Crippen molar-refractivity contribution in [3.05, 3.63) is 46.0 Å². The van der Waals surface area contributed by atoms with E-state index in [-0.39, 0.29) is 17.2 Å². The number of hydrogen-bond donors (Lipinski definition) is 4. The molecule has 4 heterocycles. The Hall–Kier alpha value is -3.50. The monoisotopic (exact) mass is 495 g/mol. The molecule has 2 aromatic rings. The van der Waals surface area contributed by atoms with Gasteiger partial charge in [-0.25, -0.2) is 4.39 Å². The molecule has 1 aromatic carbocycles. The Morgan fingerprint density at radius 2 is 1.94 bits per heavy atom. The van der Waals surface area contributed by atoms with Crippen molar-refractivity contribution in [3.63, 3.8) is 0 Å². The fraction of sp³-hybridized carbons (Fsp3) is 0.423. The number of aromatic nitrogens is 1. The average Bonchev–Trinajstić information content (AvgIpc) is 3.53. The predicted octanol–water partition coefficient (Wildman–Crippen LogP) is 2.37. The molecular weight excluding hydrogens is 465 g/mol. The van der Waals surface area contributed by atoms with Gasteiger partial charge in [-0.1, -0.05) is 0 Å². The van der Waals surface area contributed by atoms with Gasteiger partial charge in [-0.2, -0.15) is 0 Å². The first kappa shape index (κ1) is 24.2. The molecule has 5 rings (SSSR count). The molecule has 1 fully saturated rings. The molecule has 0 radical (unpaired) electrons. The summed E-state index contributed by atoms with van der Waals surface area (Å²) in [4.78, 5) is 45.3. The molecule has 3 amide bonds. The van der Waals surface area contributed by atoms with Crippen molar-refractivity contribution in [2.75, 3.05) is 50.0 Å². The molecule has 0 unspecified atom stereocenters. The van der Waals surface area contributed by atoms with Crippen LogP contribution in [0.3, 0.4) is 0 Å². The van der Waals surface area contributed by atoms with Crippen LogP contribution in [0, 0.1) is 12.7 Å². The van der Waals surface area contributed by atoms with Gasteiger partial charge in [0.05, 0.1) is 22.5 Å². The second-order valence-electron chi connectivity index (χ2n) is 9.56. The number of hydrogen-bond acceptors (Lipinski definition) is 5. The van der Waals surface area contributed by atoms with Crippen molar-refractivity contribution in [2.45, 2.75) is 32.6 Å². The van der Waals surface area contributed by atoms with Gasteiger partial charge in [-0.3, -0.25) is 14.4 Å². The van der Waals surface area contributed by atoms with Gasteiger partial charge in [-0.05, 0) is 69.5 Å². The molecule has 190 valence electrons. The molecule has 3 aliphatic heterocycles. The first-order valence-electron chi connectivity index (χ1n) is 12.4. The number of carbonyl (C=O) groups is 3. The largest absolute Gasteiger partial charge is 0.387 e. The Kier molecular flexibility index (Phi) is 6.63. The van der Waals surface area contributed by atoms with Crippen molar-refractivity contribution in [2.24, 2.45) is 0 Å². The molecule has 3 aliphatic rings. The lowest BCUT2D eigenvalue weighted by atomic mass is 10.0. The molecule has 9 nitrogen and oxygen atoms in total. The highest BCUT2D eigenvalue weighted by atomic mass is 19.1. The molecule has 0 bridgehead atoms. The van der Waals surface area contributed by atoms with Crippen LogP contribution in [-0.4, -0.2) is 76.9 Å². The van der Waals surface area contributed by atoms with Crippen LogP contribution in [0.4, 0.5) is 15.8 Å². The van der Waals surface area contributed by atoms with E-state index in [1.54, 1.807) is 6.08 Å². The Labute approximate surface area is 208 Å². The van der Waals surface area contributed by atoms with Gasteiger partial charge in [0.2, 0.25) is 5.91 Å². The Morgan fingerprint density at radius 1 is 1.17 bits per heavy atom. The van der Waals surface area contributed by atoms with Crippen LogP contribution in [0.1, 0.15) is 52.1 Å². The number of H-pyrrole nitrogens is 1. The molecule has 0 saturated carbocycles. The maximum absolute atomic E-state index is 14.6. The summed E-state index contributed by atoms with van der Waals surface area (Å²) in [6, 6.07) is 2.51. The average molecular weight is 496 g/mol. The van der Waals surface area contributed by atoms with Gasteiger partial charge >= 0.3 is 0 Å². The lowest BCUT2D eigenvalue weighted by Gasteiger charge is -2.24. The zero-order chi connectivity index (χ0) is 25.4. The first-order chi connectivity index (χ1) is 17.4. The number of likely N-dealkylation sites (tertiary alicyclic amines) is 1. The number of halogens is 1. The second kappa shape index (κ2) is 9.87. The van der Waals surface area contributed by atoms with Gasteiger partial charge < -0.3 is 30.5 Å². The van der Waals surface area contributed by atoms with Crippen LogP contribution in [0.2, 0.25) is 0 Å². The first-order valence-corrected chi connectivity index (χ1v) is 12.4. The van der Waals surface area contributed by atoms with E-state index in [1.165, 1.54) is 25.0 Å². The molecule has 0 aliphatic carbocycles. The molecule has 36 heavy (non-hydrogen) atoms. The molecule has 10 heteroatoms. The van der Waals surface area contributed by atoms with E-state index in [4.69, 9.17) is 5.11 Å². The van der Waals surface area contributed by atoms with Crippen molar-refractivity contribution >= 4 is 40.7 Å². The normalized spacial score (nSPS) is 18.9. The van der Waals surface area contributed by atoms with Gasteiger partial charge in [0.1, 0.15) is 12.4 Å². The van der Waals surface area contributed by atoms with Crippen molar-refractivity contribution < 1.29 is 23.9 Å². The number of nitrogens with one attached hydrogen (secondary N) is 3. The number of fused-ring (bicyclic) bond motifs is 2. The number of carbonyl (C=O) groups excluding carboxylic acids is 3. The Morgan fingerprint density at radius 3 is 2.69 bits per heavy atom. The summed E-state index contributed by atoms with van der Waals surface area (Å²) in [6.07, 6.45) is 5.67. The SMILES string of the molecule is Cc1c(/C=C2\C(=O)Nc3cc(NC(=O)CO)c(F)cc32)[nH]c2c1C(=O)N(CCN1CCCC1)CCC2. The smallest absolute Gasteiger partial charge is 0.256 e. The molecule has 1 saturated heterocycles. The fourth-order valence-electron chi connectivity index (χ4n) is 5.27. The van der Waals surface area contributed by atoms with E-state index in [0.717, 1.165) is 50.3 Å². The van der Waals surface area contributed by atoms with E-state index < -0.39 is 24.2 Å². The van der Waals surface area contributed by atoms with Crippen LogP contribution >= 0.6 is 0 Å². The summed E-state index contributed by atoms with van der Waals surface area (Å²) in [5.41, 5.74) is 3.79. The minimum absolute atomic E-state index is 0.00619. The fourth-order valence-corrected chi connectivity index (χ4v) is 5.27. The molecule has 0 atom stereocenters.